The van der Waals surface area contributed by atoms with Gasteiger partial charge < -0.3 is 10.1 Å². The van der Waals surface area contributed by atoms with Crippen LogP contribution in [0, 0.1) is 5.92 Å². The SMILES string of the molecule is CC(C)CCNC(=O)COC(=O)c1ccc(Cn2nnc3ccccc32)cc1. The molecule has 28 heavy (non-hydrogen) atoms. The molecule has 1 amide bonds. The third-order valence-corrected chi connectivity index (χ3v) is 4.32. The molecule has 3 rings (SSSR count). The Hall–Kier alpha value is -3.22. The van der Waals surface area contributed by atoms with Gasteiger partial charge in [0.1, 0.15) is 5.52 Å². The first kappa shape index (κ1) is 19.5. The molecule has 0 radical (unpaired) electrons. The van der Waals surface area contributed by atoms with Crippen LogP contribution in [0.4, 0.5) is 0 Å². The van der Waals surface area contributed by atoms with Gasteiger partial charge >= 0.3 is 5.97 Å². The molecular formula is C21H24N4O3. The number of benzene rings is 2. The molecule has 0 saturated heterocycles. The van der Waals surface area contributed by atoms with Crippen LogP contribution in [-0.2, 0) is 16.1 Å². The van der Waals surface area contributed by atoms with Crippen LogP contribution < -0.4 is 5.32 Å². The van der Waals surface area contributed by atoms with E-state index in [1.54, 1.807) is 12.1 Å². The Bertz CT molecular complexity index is 948. The zero-order valence-electron chi connectivity index (χ0n) is 16.1. The summed E-state index contributed by atoms with van der Waals surface area (Å²) < 4.78 is 6.88. The molecule has 7 heteroatoms. The lowest BCUT2D eigenvalue weighted by Gasteiger charge is -2.08. The fraction of sp³-hybridized carbons (Fsp3) is 0.333. The Balaban J connectivity index is 1.52. The van der Waals surface area contributed by atoms with Gasteiger partial charge in [-0.25, -0.2) is 9.48 Å². The summed E-state index contributed by atoms with van der Waals surface area (Å²) in [4.78, 5) is 23.8. The van der Waals surface area contributed by atoms with Crippen LogP contribution in [-0.4, -0.2) is 40.0 Å². The number of carbonyl (C=O) groups excluding carboxylic acids is 2. The Morgan fingerprint density at radius 3 is 2.61 bits per heavy atom. The lowest BCUT2D eigenvalue weighted by molar-refractivity contribution is -0.124. The quantitative estimate of drug-likeness (QED) is 0.607. The Morgan fingerprint density at radius 2 is 1.86 bits per heavy atom. The largest absolute Gasteiger partial charge is 0.452 e. The summed E-state index contributed by atoms with van der Waals surface area (Å²) in [6.45, 7) is 5.03. The molecule has 0 aliphatic heterocycles. The van der Waals surface area contributed by atoms with Crippen molar-refractivity contribution in [2.45, 2.75) is 26.8 Å². The molecule has 0 saturated carbocycles. The van der Waals surface area contributed by atoms with Crippen molar-refractivity contribution in [3.63, 3.8) is 0 Å². The number of amides is 1. The maximum absolute atomic E-state index is 12.1. The minimum Gasteiger partial charge on any atom is -0.452 e. The van der Waals surface area contributed by atoms with Crippen LogP contribution in [0.25, 0.3) is 11.0 Å². The summed E-state index contributed by atoms with van der Waals surface area (Å²) in [6.07, 6.45) is 0.891. The summed E-state index contributed by atoms with van der Waals surface area (Å²) in [5.74, 6) is -0.294. The molecule has 0 unspecified atom stereocenters. The molecule has 0 atom stereocenters. The first-order valence-corrected chi connectivity index (χ1v) is 9.34. The van der Waals surface area contributed by atoms with Crippen molar-refractivity contribution < 1.29 is 14.3 Å². The number of fused-ring (bicyclic) bond motifs is 1. The van der Waals surface area contributed by atoms with E-state index < -0.39 is 5.97 Å². The first-order valence-electron chi connectivity index (χ1n) is 9.34. The van der Waals surface area contributed by atoms with Crippen LogP contribution in [0.1, 0.15) is 36.2 Å². The van der Waals surface area contributed by atoms with Crippen molar-refractivity contribution in [1.29, 1.82) is 0 Å². The molecule has 0 bridgehead atoms. The van der Waals surface area contributed by atoms with E-state index in [0.717, 1.165) is 23.0 Å². The standard InChI is InChI=1S/C21H24N4O3/c1-15(2)11-12-22-20(26)14-28-21(27)17-9-7-16(8-10-17)13-25-19-6-4-3-5-18(19)23-24-25/h3-10,15H,11-14H2,1-2H3,(H,22,26). The van der Waals surface area contributed by atoms with E-state index in [1.807, 2.05) is 41.1 Å². The second kappa shape index (κ2) is 9.12. The van der Waals surface area contributed by atoms with Crippen LogP contribution >= 0.6 is 0 Å². The molecule has 7 nitrogen and oxygen atoms in total. The van der Waals surface area contributed by atoms with E-state index >= 15 is 0 Å². The molecule has 1 heterocycles. The number of esters is 1. The van der Waals surface area contributed by atoms with Gasteiger partial charge in [0.25, 0.3) is 5.91 Å². The van der Waals surface area contributed by atoms with Gasteiger partial charge in [0, 0.05) is 6.54 Å². The van der Waals surface area contributed by atoms with Gasteiger partial charge in [-0.2, -0.15) is 0 Å². The molecule has 2 aromatic carbocycles. The molecule has 3 aromatic rings. The molecule has 0 aliphatic rings. The predicted octanol–water partition coefficient (Wildman–Crippen LogP) is 2.80. The lowest BCUT2D eigenvalue weighted by atomic mass is 10.1. The highest BCUT2D eigenvalue weighted by Crippen LogP contribution is 2.13. The fourth-order valence-electron chi connectivity index (χ4n) is 2.72. The number of aromatic nitrogens is 3. The Labute approximate surface area is 163 Å². The maximum atomic E-state index is 12.1. The number of carbonyl (C=O) groups is 2. The van der Waals surface area contributed by atoms with Gasteiger partial charge in [-0.05, 0) is 42.2 Å². The summed E-state index contributed by atoms with van der Waals surface area (Å²) in [7, 11) is 0. The highest BCUT2D eigenvalue weighted by atomic mass is 16.5. The van der Waals surface area contributed by atoms with Crippen LogP contribution in [0.2, 0.25) is 0 Å². The lowest BCUT2D eigenvalue weighted by Crippen LogP contribution is -2.30. The molecule has 0 fully saturated rings. The van der Waals surface area contributed by atoms with Gasteiger partial charge in [0.05, 0.1) is 17.6 Å². The first-order chi connectivity index (χ1) is 13.5. The van der Waals surface area contributed by atoms with Gasteiger partial charge in [-0.3, -0.25) is 4.79 Å². The van der Waals surface area contributed by atoms with Crippen molar-refractivity contribution in [2.75, 3.05) is 13.2 Å². The van der Waals surface area contributed by atoms with E-state index in [0.29, 0.717) is 24.6 Å². The van der Waals surface area contributed by atoms with Crippen LogP contribution in [0.3, 0.4) is 0 Å². The topological polar surface area (TPSA) is 86.1 Å². The monoisotopic (exact) mass is 380 g/mol. The third-order valence-electron chi connectivity index (χ3n) is 4.32. The molecule has 1 N–H and O–H groups in total. The van der Waals surface area contributed by atoms with E-state index in [2.05, 4.69) is 29.5 Å². The number of para-hydroxylation sites is 1. The zero-order valence-corrected chi connectivity index (χ0v) is 16.1. The number of nitrogens with one attached hydrogen (secondary N) is 1. The Kier molecular flexibility index (Phi) is 6.37. The highest BCUT2D eigenvalue weighted by Gasteiger charge is 2.11. The molecular weight excluding hydrogens is 356 g/mol. The second-order valence-corrected chi connectivity index (χ2v) is 7.04. The van der Waals surface area contributed by atoms with Crippen molar-refractivity contribution in [2.24, 2.45) is 5.92 Å². The fourth-order valence-corrected chi connectivity index (χ4v) is 2.72. The minimum absolute atomic E-state index is 0.274. The van der Waals surface area contributed by atoms with Gasteiger partial charge in [-0.15, -0.1) is 5.10 Å². The molecule has 1 aromatic heterocycles. The highest BCUT2D eigenvalue weighted by molar-refractivity contribution is 5.91. The maximum Gasteiger partial charge on any atom is 0.338 e. The van der Waals surface area contributed by atoms with Gasteiger partial charge in [-0.1, -0.05) is 43.3 Å². The number of rotatable bonds is 8. The van der Waals surface area contributed by atoms with Crippen molar-refractivity contribution in [1.82, 2.24) is 20.3 Å². The van der Waals surface area contributed by atoms with E-state index in [4.69, 9.17) is 4.74 Å². The zero-order chi connectivity index (χ0) is 19.9. The summed E-state index contributed by atoms with van der Waals surface area (Å²) >= 11 is 0. The average Bonchev–Trinajstić information content (AvgIpc) is 3.09. The predicted molar refractivity (Wildman–Crippen MR) is 106 cm³/mol. The van der Waals surface area contributed by atoms with E-state index in [9.17, 15) is 9.59 Å². The average molecular weight is 380 g/mol. The smallest absolute Gasteiger partial charge is 0.338 e. The van der Waals surface area contributed by atoms with Gasteiger partial charge in [0.2, 0.25) is 0 Å². The molecule has 146 valence electrons. The van der Waals surface area contributed by atoms with Crippen molar-refractivity contribution >= 4 is 22.9 Å². The van der Waals surface area contributed by atoms with Crippen molar-refractivity contribution in [3.8, 4) is 0 Å². The second-order valence-electron chi connectivity index (χ2n) is 7.04. The molecule has 0 spiro atoms. The number of nitrogens with zero attached hydrogens (tertiary/aromatic N) is 3. The van der Waals surface area contributed by atoms with Gasteiger partial charge in [0.15, 0.2) is 6.61 Å². The summed E-state index contributed by atoms with van der Waals surface area (Å²) in [5.41, 5.74) is 3.18. The van der Waals surface area contributed by atoms with E-state index in [1.165, 1.54) is 0 Å². The number of hydrogen-bond donors (Lipinski definition) is 1. The minimum atomic E-state index is -0.517. The summed E-state index contributed by atoms with van der Waals surface area (Å²) in [6, 6.07) is 14.8. The normalized spacial score (nSPS) is 11.0. The summed E-state index contributed by atoms with van der Waals surface area (Å²) in [5, 5.41) is 11.0. The third kappa shape index (κ3) is 5.16. The van der Waals surface area contributed by atoms with Crippen LogP contribution in [0.5, 0.6) is 0 Å². The Morgan fingerprint density at radius 1 is 1.11 bits per heavy atom. The van der Waals surface area contributed by atoms with Crippen LogP contribution in [0.15, 0.2) is 48.5 Å². The number of hydrogen-bond acceptors (Lipinski definition) is 5. The number of ether oxygens (including phenoxy) is 1. The van der Waals surface area contributed by atoms with Crippen molar-refractivity contribution in [3.05, 3.63) is 59.7 Å². The van der Waals surface area contributed by atoms with E-state index in [-0.39, 0.29) is 12.5 Å². The molecule has 0 aliphatic carbocycles.